The molecule has 0 saturated heterocycles. The molecular weight excluding hydrogens is 324 g/mol. The van der Waals surface area contributed by atoms with Crippen LogP contribution in [-0.4, -0.2) is 6.09 Å². The number of rotatable bonds is 3. The molecule has 132 valence electrons. The van der Waals surface area contributed by atoms with E-state index in [4.69, 9.17) is 10.5 Å². The zero-order valence-corrected chi connectivity index (χ0v) is 14.3. The maximum atomic E-state index is 12.9. The fourth-order valence-electron chi connectivity index (χ4n) is 3.46. The van der Waals surface area contributed by atoms with E-state index in [0.717, 1.165) is 35.1 Å². The van der Waals surface area contributed by atoms with Gasteiger partial charge in [0.05, 0.1) is 0 Å². The molecule has 1 aliphatic carbocycles. The number of carbonyl (C=O) groups excluding carboxylic acids is 1. The Balaban J connectivity index is 2.00. The van der Waals surface area contributed by atoms with E-state index in [0.29, 0.717) is 0 Å². The van der Waals surface area contributed by atoms with Gasteiger partial charge in [-0.3, -0.25) is 0 Å². The van der Waals surface area contributed by atoms with E-state index in [9.17, 15) is 13.6 Å². The Morgan fingerprint density at radius 3 is 2.60 bits per heavy atom. The first-order valence-corrected chi connectivity index (χ1v) is 8.25. The van der Waals surface area contributed by atoms with Crippen LogP contribution in [0.25, 0.3) is 11.1 Å². The molecular formula is C20H21F2NO2. The van der Waals surface area contributed by atoms with Crippen molar-refractivity contribution in [2.75, 3.05) is 0 Å². The van der Waals surface area contributed by atoms with Crippen molar-refractivity contribution in [1.29, 1.82) is 0 Å². The number of hydrogen-bond donors (Lipinski definition) is 1. The van der Waals surface area contributed by atoms with Crippen molar-refractivity contribution in [3.8, 4) is 11.1 Å². The van der Waals surface area contributed by atoms with Gasteiger partial charge >= 0.3 is 6.09 Å². The Labute approximate surface area is 145 Å². The summed E-state index contributed by atoms with van der Waals surface area (Å²) in [6.45, 7) is 4.09. The molecule has 0 saturated carbocycles. The second kappa shape index (κ2) is 6.47. The van der Waals surface area contributed by atoms with Crippen molar-refractivity contribution in [3.05, 3.63) is 59.2 Å². The van der Waals surface area contributed by atoms with E-state index in [1.54, 1.807) is 6.07 Å². The van der Waals surface area contributed by atoms with E-state index < -0.39 is 18.6 Å². The summed E-state index contributed by atoms with van der Waals surface area (Å²) in [6, 6.07) is 12.2. The Hall–Kier alpha value is -2.43. The number of ether oxygens (including phenoxy) is 1. The quantitative estimate of drug-likeness (QED) is 0.810. The number of halogens is 2. The van der Waals surface area contributed by atoms with Crippen LogP contribution < -0.4 is 5.73 Å². The van der Waals surface area contributed by atoms with Gasteiger partial charge in [-0.25, -0.2) is 13.6 Å². The number of fused-ring (bicyclic) bond motifs is 1. The smallest absolute Gasteiger partial charge is 0.405 e. The lowest BCUT2D eigenvalue weighted by atomic mass is 9.71. The standard InChI is InChI=1S/C20H21F2NO2/c1-20(2)9-8-14-10-13(6-7-16(14)17(20)25-19(23)24)12-4-3-5-15(11-12)18(21)22/h3-7,10-11,17-18H,8-9H2,1-2H3,(H2,23,24). The predicted octanol–water partition coefficient (Wildman–Crippen LogP) is 5.40. The third-order valence-corrected chi connectivity index (χ3v) is 4.88. The Bertz CT molecular complexity index is 802. The maximum Gasteiger partial charge on any atom is 0.405 e. The van der Waals surface area contributed by atoms with E-state index in [1.165, 1.54) is 12.1 Å². The highest BCUT2D eigenvalue weighted by Gasteiger charge is 2.38. The molecule has 3 rings (SSSR count). The minimum atomic E-state index is -2.49. The molecule has 2 N–H and O–H groups in total. The van der Waals surface area contributed by atoms with Crippen molar-refractivity contribution in [2.24, 2.45) is 11.1 Å². The van der Waals surface area contributed by atoms with E-state index in [1.807, 2.05) is 38.1 Å². The third-order valence-electron chi connectivity index (χ3n) is 4.88. The number of nitrogens with two attached hydrogens (primary N) is 1. The summed E-state index contributed by atoms with van der Waals surface area (Å²) in [4.78, 5) is 11.3. The zero-order valence-electron chi connectivity index (χ0n) is 14.3. The summed E-state index contributed by atoms with van der Waals surface area (Å²) < 4.78 is 31.2. The van der Waals surface area contributed by atoms with Crippen LogP contribution in [0, 0.1) is 5.41 Å². The predicted molar refractivity (Wildman–Crippen MR) is 92.3 cm³/mol. The molecule has 0 spiro atoms. The lowest BCUT2D eigenvalue weighted by Gasteiger charge is -2.39. The number of hydrogen-bond acceptors (Lipinski definition) is 2. The van der Waals surface area contributed by atoms with Crippen LogP contribution in [0.1, 0.15) is 49.5 Å². The van der Waals surface area contributed by atoms with Crippen molar-refractivity contribution in [2.45, 2.75) is 39.2 Å². The molecule has 0 radical (unpaired) electrons. The number of benzene rings is 2. The second-order valence-electron chi connectivity index (χ2n) is 7.15. The lowest BCUT2D eigenvalue weighted by Crippen LogP contribution is -2.33. The van der Waals surface area contributed by atoms with Crippen LogP contribution in [0.4, 0.5) is 13.6 Å². The van der Waals surface area contributed by atoms with Crippen LogP contribution in [0.15, 0.2) is 42.5 Å². The molecule has 1 aliphatic rings. The number of amides is 1. The van der Waals surface area contributed by atoms with Gasteiger partial charge in [-0.2, -0.15) is 0 Å². The Kier molecular flexibility index (Phi) is 4.50. The first-order valence-electron chi connectivity index (χ1n) is 8.25. The molecule has 0 fully saturated rings. The fraction of sp³-hybridized carbons (Fsp3) is 0.350. The number of aryl methyl sites for hydroxylation is 1. The monoisotopic (exact) mass is 345 g/mol. The van der Waals surface area contributed by atoms with Gasteiger partial charge in [0.1, 0.15) is 6.10 Å². The number of primary amides is 1. The summed E-state index contributed by atoms with van der Waals surface area (Å²) in [7, 11) is 0. The molecule has 0 heterocycles. The molecule has 0 aliphatic heterocycles. The van der Waals surface area contributed by atoms with E-state index in [2.05, 4.69) is 0 Å². The molecule has 1 atom stereocenters. The molecule has 3 nitrogen and oxygen atoms in total. The molecule has 25 heavy (non-hydrogen) atoms. The molecule has 2 aromatic carbocycles. The molecule has 1 unspecified atom stereocenters. The van der Waals surface area contributed by atoms with Crippen molar-refractivity contribution < 1.29 is 18.3 Å². The molecule has 0 aromatic heterocycles. The first-order chi connectivity index (χ1) is 11.8. The van der Waals surface area contributed by atoms with Crippen molar-refractivity contribution in [3.63, 3.8) is 0 Å². The van der Waals surface area contributed by atoms with Crippen LogP contribution in [0.2, 0.25) is 0 Å². The van der Waals surface area contributed by atoms with Gasteiger partial charge in [0.25, 0.3) is 6.43 Å². The summed E-state index contributed by atoms with van der Waals surface area (Å²) in [5.74, 6) is 0. The first kappa shape index (κ1) is 17.4. The summed E-state index contributed by atoms with van der Waals surface area (Å²) >= 11 is 0. The number of carbonyl (C=O) groups is 1. The van der Waals surface area contributed by atoms with Crippen LogP contribution >= 0.6 is 0 Å². The highest BCUT2D eigenvalue weighted by atomic mass is 19.3. The molecule has 0 bridgehead atoms. The zero-order chi connectivity index (χ0) is 18.2. The van der Waals surface area contributed by atoms with Gasteiger partial charge in [0.2, 0.25) is 0 Å². The normalized spacial score (nSPS) is 18.7. The maximum absolute atomic E-state index is 12.9. The fourth-order valence-corrected chi connectivity index (χ4v) is 3.46. The van der Waals surface area contributed by atoms with Gasteiger partial charge in [0.15, 0.2) is 0 Å². The van der Waals surface area contributed by atoms with E-state index >= 15 is 0 Å². The lowest BCUT2D eigenvalue weighted by molar-refractivity contribution is 0.0147. The van der Waals surface area contributed by atoms with Crippen LogP contribution in [0.5, 0.6) is 0 Å². The highest BCUT2D eigenvalue weighted by Crippen LogP contribution is 2.46. The molecule has 1 amide bonds. The van der Waals surface area contributed by atoms with Gasteiger partial charge in [-0.15, -0.1) is 0 Å². The Morgan fingerprint density at radius 2 is 1.92 bits per heavy atom. The van der Waals surface area contributed by atoms with E-state index in [-0.39, 0.29) is 11.0 Å². The van der Waals surface area contributed by atoms with Gasteiger partial charge in [0, 0.05) is 11.0 Å². The largest absolute Gasteiger partial charge is 0.441 e. The van der Waals surface area contributed by atoms with Gasteiger partial charge < -0.3 is 10.5 Å². The Morgan fingerprint density at radius 1 is 1.20 bits per heavy atom. The SMILES string of the molecule is CC1(C)CCc2cc(-c3cccc(C(F)F)c3)ccc2C1OC(N)=O. The second-order valence-corrected chi connectivity index (χ2v) is 7.15. The van der Waals surface area contributed by atoms with Gasteiger partial charge in [-0.1, -0.05) is 50.2 Å². The number of alkyl halides is 2. The van der Waals surface area contributed by atoms with Crippen molar-refractivity contribution in [1.82, 2.24) is 0 Å². The van der Waals surface area contributed by atoms with Crippen molar-refractivity contribution >= 4 is 6.09 Å². The minimum absolute atomic E-state index is 0.00583. The third kappa shape index (κ3) is 3.50. The van der Waals surface area contributed by atoms with Gasteiger partial charge in [-0.05, 0) is 41.2 Å². The summed E-state index contributed by atoms with van der Waals surface area (Å²) in [5, 5.41) is 0. The topological polar surface area (TPSA) is 52.3 Å². The summed E-state index contributed by atoms with van der Waals surface area (Å²) in [5.41, 5.74) is 8.65. The molecule has 2 aromatic rings. The molecule has 5 heteroatoms. The summed E-state index contributed by atoms with van der Waals surface area (Å²) in [6.07, 6.45) is -2.01. The minimum Gasteiger partial charge on any atom is -0.441 e. The van der Waals surface area contributed by atoms with Crippen LogP contribution in [-0.2, 0) is 11.2 Å². The average molecular weight is 345 g/mol. The average Bonchev–Trinajstić information content (AvgIpc) is 2.57. The highest BCUT2D eigenvalue weighted by molar-refractivity contribution is 5.67. The van der Waals surface area contributed by atoms with Crippen LogP contribution in [0.3, 0.4) is 0 Å².